The van der Waals surface area contributed by atoms with Gasteiger partial charge in [-0.25, -0.2) is 4.98 Å². The lowest BCUT2D eigenvalue weighted by molar-refractivity contribution is 0.257. The van der Waals surface area contributed by atoms with Crippen molar-refractivity contribution in [1.29, 1.82) is 0 Å². The monoisotopic (exact) mass is 324 g/mol. The summed E-state index contributed by atoms with van der Waals surface area (Å²) in [7, 11) is 0. The van der Waals surface area contributed by atoms with E-state index in [0.717, 1.165) is 41.2 Å². The van der Waals surface area contributed by atoms with Crippen molar-refractivity contribution in [2.45, 2.75) is 45.6 Å². The van der Waals surface area contributed by atoms with Gasteiger partial charge in [0.25, 0.3) is 0 Å². The van der Waals surface area contributed by atoms with Gasteiger partial charge in [-0.1, -0.05) is 31.4 Å². The Hall–Kier alpha value is -0.730. The maximum Gasteiger partial charge on any atom is 0.111 e. The molecule has 1 heterocycles. The molecule has 2 aromatic rings. The van der Waals surface area contributed by atoms with Gasteiger partial charge in [-0.3, -0.25) is 0 Å². The number of benzene rings is 1. The van der Waals surface area contributed by atoms with Crippen LogP contribution in [0.25, 0.3) is 11.0 Å². The average Bonchev–Trinajstić information content (AvgIpc) is 2.76. The molecule has 1 aromatic carbocycles. The third-order valence-corrected chi connectivity index (χ3v) is 5.02. The van der Waals surface area contributed by atoms with E-state index in [1.807, 2.05) is 12.1 Å². The zero-order chi connectivity index (χ0) is 14.8. The summed E-state index contributed by atoms with van der Waals surface area (Å²) in [5.74, 6) is 3.32. The Kier molecular flexibility index (Phi) is 4.75. The second-order valence-electron chi connectivity index (χ2n) is 6.35. The molecule has 0 saturated heterocycles. The van der Waals surface area contributed by atoms with Crippen LogP contribution in [0.2, 0.25) is 5.02 Å². The van der Waals surface area contributed by atoms with Crippen LogP contribution >= 0.6 is 23.2 Å². The third-order valence-electron chi connectivity index (χ3n) is 4.59. The fourth-order valence-corrected chi connectivity index (χ4v) is 3.95. The van der Waals surface area contributed by atoms with E-state index in [-0.39, 0.29) is 0 Å². The van der Waals surface area contributed by atoms with Crippen LogP contribution in [0, 0.1) is 11.8 Å². The van der Waals surface area contributed by atoms with Crippen molar-refractivity contribution in [3.63, 3.8) is 0 Å². The lowest BCUT2D eigenvalue weighted by atomic mass is 9.82. The lowest BCUT2D eigenvalue weighted by Crippen LogP contribution is -2.19. The minimum atomic E-state index is 0.609. The van der Waals surface area contributed by atoms with E-state index < -0.39 is 0 Å². The molecule has 1 fully saturated rings. The Labute approximate surface area is 136 Å². The average molecular weight is 325 g/mol. The molecule has 0 radical (unpaired) electrons. The molecule has 0 spiro atoms. The molecular weight excluding hydrogens is 303 g/mol. The fraction of sp³-hybridized carbons (Fsp3) is 0.588. The number of imidazole rings is 1. The summed E-state index contributed by atoms with van der Waals surface area (Å²) >= 11 is 12.0. The second kappa shape index (κ2) is 6.58. The quantitative estimate of drug-likeness (QED) is 0.698. The third kappa shape index (κ3) is 3.37. The topological polar surface area (TPSA) is 17.8 Å². The molecule has 0 amide bonds. The van der Waals surface area contributed by atoms with E-state index in [2.05, 4.69) is 17.6 Å². The highest BCUT2D eigenvalue weighted by Gasteiger charge is 2.21. The molecule has 1 aliphatic carbocycles. The van der Waals surface area contributed by atoms with Gasteiger partial charge in [0.1, 0.15) is 5.82 Å². The number of aryl methyl sites for hydroxylation is 1. The van der Waals surface area contributed by atoms with Crippen molar-refractivity contribution in [2.75, 3.05) is 5.88 Å². The second-order valence-corrected chi connectivity index (χ2v) is 7.16. The van der Waals surface area contributed by atoms with Crippen LogP contribution in [0.4, 0.5) is 0 Å². The molecule has 21 heavy (non-hydrogen) atoms. The highest BCUT2D eigenvalue weighted by Crippen LogP contribution is 2.31. The molecule has 1 saturated carbocycles. The smallest absolute Gasteiger partial charge is 0.111 e. The summed E-state index contributed by atoms with van der Waals surface area (Å²) in [5, 5.41) is 0.746. The number of alkyl halides is 1. The molecule has 0 N–H and O–H groups in total. The molecule has 0 aliphatic heterocycles. The summed E-state index contributed by atoms with van der Waals surface area (Å²) in [6, 6.07) is 6.00. The first-order chi connectivity index (χ1) is 10.2. The van der Waals surface area contributed by atoms with Crippen molar-refractivity contribution in [3.8, 4) is 0 Å². The van der Waals surface area contributed by atoms with Gasteiger partial charge in [-0.15, -0.1) is 11.6 Å². The van der Waals surface area contributed by atoms with Gasteiger partial charge in [-0.05, 0) is 42.9 Å². The Balaban J connectivity index is 1.93. The molecule has 114 valence electrons. The fourth-order valence-electron chi connectivity index (χ4n) is 3.62. The molecule has 3 rings (SSSR count). The van der Waals surface area contributed by atoms with Crippen molar-refractivity contribution in [2.24, 2.45) is 11.8 Å². The predicted octanol–water partition coefficient (Wildman–Crippen LogP) is 5.30. The molecule has 1 aliphatic rings. The van der Waals surface area contributed by atoms with Gasteiger partial charge in [0.05, 0.1) is 11.0 Å². The van der Waals surface area contributed by atoms with E-state index >= 15 is 0 Å². The Bertz CT molecular complexity index is 621. The first kappa shape index (κ1) is 15.2. The summed E-state index contributed by atoms with van der Waals surface area (Å²) in [5.41, 5.74) is 2.18. The Morgan fingerprint density at radius 1 is 1.33 bits per heavy atom. The van der Waals surface area contributed by atoms with Crippen LogP contribution in [-0.2, 0) is 13.0 Å². The molecule has 1 aromatic heterocycles. The normalized spacial score (nSPS) is 22.8. The van der Waals surface area contributed by atoms with Gasteiger partial charge in [0.2, 0.25) is 0 Å². The first-order valence-corrected chi connectivity index (χ1v) is 8.79. The molecular formula is C17H22Cl2N2. The number of hydrogen-bond donors (Lipinski definition) is 0. The van der Waals surface area contributed by atoms with Crippen LogP contribution < -0.4 is 0 Å². The van der Waals surface area contributed by atoms with Gasteiger partial charge in [-0.2, -0.15) is 0 Å². The van der Waals surface area contributed by atoms with Crippen LogP contribution in [0.1, 0.15) is 38.4 Å². The number of nitrogens with zero attached hydrogens (tertiary/aromatic N) is 2. The molecule has 2 atom stereocenters. The summed E-state index contributed by atoms with van der Waals surface area (Å²) in [6.07, 6.45) is 6.21. The molecule has 2 unspecified atom stereocenters. The van der Waals surface area contributed by atoms with Crippen molar-refractivity contribution >= 4 is 34.2 Å². The summed E-state index contributed by atoms with van der Waals surface area (Å²) in [4.78, 5) is 4.74. The molecule has 2 nitrogen and oxygen atoms in total. The number of aromatic nitrogens is 2. The van der Waals surface area contributed by atoms with E-state index in [1.54, 1.807) is 0 Å². The number of hydrogen-bond acceptors (Lipinski definition) is 1. The lowest BCUT2D eigenvalue weighted by Gasteiger charge is -2.27. The van der Waals surface area contributed by atoms with Crippen molar-refractivity contribution < 1.29 is 0 Å². The molecule has 4 heteroatoms. The predicted molar refractivity (Wildman–Crippen MR) is 90.3 cm³/mol. The zero-order valence-corrected chi connectivity index (χ0v) is 14.0. The number of rotatable bonds is 4. The zero-order valence-electron chi connectivity index (χ0n) is 12.5. The maximum absolute atomic E-state index is 6.09. The SMILES string of the molecule is CC1CCCC(Cn2c(CCCl)nc3cc(Cl)ccc32)C1. The van der Waals surface area contributed by atoms with Crippen LogP contribution in [0.5, 0.6) is 0 Å². The van der Waals surface area contributed by atoms with Gasteiger partial charge < -0.3 is 4.57 Å². The molecule has 0 bridgehead atoms. The standard InChI is InChI=1S/C17H22Cl2N2/c1-12-3-2-4-13(9-12)11-21-16-6-5-14(19)10-15(16)20-17(21)7-8-18/h5-6,10,12-13H,2-4,7-9,11H2,1H3. The van der Waals surface area contributed by atoms with Gasteiger partial charge in [0.15, 0.2) is 0 Å². The minimum absolute atomic E-state index is 0.609. The summed E-state index contributed by atoms with van der Waals surface area (Å²) in [6.45, 7) is 3.44. The largest absolute Gasteiger partial charge is 0.328 e. The van der Waals surface area contributed by atoms with Crippen molar-refractivity contribution in [3.05, 3.63) is 29.0 Å². The Morgan fingerprint density at radius 2 is 2.19 bits per heavy atom. The Morgan fingerprint density at radius 3 is 2.95 bits per heavy atom. The minimum Gasteiger partial charge on any atom is -0.328 e. The van der Waals surface area contributed by atoms with Crippen LogP contribution in [-0.4, -0.2) is 15.4 Å². The highest BCUT2D eigenvalue weighted by molar-refractivity contribution is 6.31. The first-order valence-electron chi connectivity index (χ1n) is 7.88. The number of halogens is 2. The van der Waals surface area contributed by atoms with Crippen LogP contribution in [0.3, 0.4) is 0 Å². The van der Waals surface area contributed by atoms with E-state index in [0.29, 0.717) is 5.88 Å². The van der Waals surface area contributed by atoms with E-state index in [4.69, 9.17) is 28.2 Å². The van der Waals surface area contributed by atoms with E-state index in [1.165, 1.54) is 31.2 Å². The number of fused-ring (bicyclic) bond motifs is 1. The van der Waals surface area contributed by atoms with Crippen LogP contribution in [0.15, 0.2) is 18.2 Å². The maximum atomic E-state index is 6.09. The van der Waals surface area contributed by atoms with Gasteiger partial charge >= 0.3 is 0 Å². The van der Waals surface area contributed by atoms with E-state index in [9.17, 15) is 0 Å². The highest BCUT2D eigenvalue weighted by atomic mass is 35.5. The summed E-state index contributed by atoms with van der Waals surface area (Å²) < 4.78 is 2.37. The van der Waals surface area contributed by atoms with Crippen molar-refractivity contribution in [1.82, 2.24) is 9.55 Å². The van der Waals surface area contributed by atoms with Gasteiger partial charge in [0, 0.05) is 23.9 Å².